The van der Waals surface area contributed by atoms with Crippen LogP contribution in [0.3, 0.4) is 0 Å². The van der Waals surface area contributed by atoms with E-state index in [0.29, 0.717) is 5.16 Å². The number of carbonyl (C=O) groups excluding carboxylic acids is 1. The second kappa shape index (κ2) is 11.0. The lowest BCUT2D eigenvalue weighted by Gasteiger charge is -2.14. The first-order chi connectivity index (χ1) is 16.1. The molecule has 168 valence electrons. The number of rotatable bonds is 9. The average Bonchev–Trinajstić information content (AvgIpc) is 3.27. The number of thioether (sulfide) groups is 1. The van der Waals surface area contributed by atoms with Crippen LogP contribution in [0.1, 0.15) is 24.5 Å². The van der Waals surface area contributed by atoms with Gasteiger partial charge in [0.15, 0.2) is 11.0 Å². The quantitative estimate of drug-likeness (QED) is 0.339. The topological polar surface area (TPSA) is 59.8 Å². The Bertz CT molecular complexity index is 1170. The number of amides is 1. The van der Waals surface area contributed by atoms with Crippen molar-refractivity contribution >= 4 is 17.7 Å². The van der Waals surface area contributed by atoms with E-state index in [-0.39, 0.29) is 17.7 Å². The molecule has 0 fully saturated rings. The zero-order valence-corrected chi connectivity index (χ0v) is 19.8. The summed E-state index contributed by atoms with van der Waals surface area (Å²) in [4.78, 5) is 12.6. The van der Waals surface area contributed by atoms with E-state index < -0.39 is 0 Å². The van der Waals surface area contributed by atoms with E-state index in [9.17, 15) is 4.79 Å². The molecule has 0 radical (unpaired) electrons. The Morgan fingerprint density at radius 2 is 1.61 bits per heavy atom. The van der Waals surface area contributed by atoms with Crippen LogP contribution in [0.15, 0.2) is 90.1 Å². The van der Waals surface area contributed by atoms with Gasteiger partial charge in [-0.15, -0.1) is 10.2 Å². The number of nitrogens with one attached hydrogen (secondary N) is 1. The van der Waals surface area contributed by atoms with E-state index in [0.717, 1.165) is 29.9 Å². The van der Waals surface area contributed by atoms with Crippen molar-refractivity contribution in [1.29, 1.82) is 0 Å². The first-order valence-electron chi connectivity index (χ1n) is 11.1. The van der Waals surface area contributed by atoms with E-state index in [4.69, 9.17) is 0 Å². The molecule has 0 saturated heterocycles. The van der Waals surface area contributed by atoms with Crippen molar-refractivity contribution < 1.29 is 4.79 Å². The average molecular weight is 457 g/mol. The molecule has 0 saturated carbocycles. The monoisotopic (exact) mass is 456 g/mol. The third kappa shape index (κ3) is 6.11. The number of hydrogen-bond acceptors (Lipinski definition) is 4. The van der Waals surface area contributed by atoms with Crippen molar-refractivity contribution in [2.45, 2.75) is 37.9 Å². The lowest BCUT2D eigenvalue weighted by atomic mass is 10.1. The Labute approximate surface area is 199 Å². The second-order valence-corrected chi connectivity index (χ2v) is 9.07. The summed E-state index contributed by atoms with van der Waals surface area (Å²) in [5.74, 6) is 1.05. The predicted octanol–water partition coefficient (Wildman–Crippen LogP) is 5.47. The zero-order chi connectivity index (χ0) is 23.0. The minimum atomic E-state index is 0.0000549. The standard InChI is InChI=1S/C27H28N4OS/c1-20-13-17-23(18-14-20)26-29-30-27(31(26)24-11-7-4-8-12-24)33-19-25(32)28-21(2)15-16-22-9-5-3-6-10-22/h3-14,17-18,21H,15-16,19H2,1-2H3,(H,28,32). The summed E-state index contributed by atoms with van der Waals surface area (Å²) in [5.41, 5.74) is 4.43. The molecule has 4 aromatic rings. The zero-order valence-electron chi connectivity index (χ0n) is 18.9. The van der Waals surface area contributed by atoms with Gasteiger partial charge in [-0.25, -0.2) is 0 Å². The molecule has 0 aliphatic rings. The number of carbonyl (C=O) groups is 1. The SMILES string of the molecule is Cc1ccc(-c2nnc(SCC(=O)NC(C)CCc3ccccc3)n2-c2ccccc2)cc1. The van der Waals surface area contributed by atoms with Crippen LogP contribution in [0, 0.1) is 6.92 Å². The summed E-state index contributed by atoms with van der Waals surface area (Å²) in [5, 5.41) is 12.7. The fraction of sp³-hybridized carbons (Fsp3) is 0.222. The van der Waals surface area contributed by atoms with Crippen LogP contribution in [-0.4, -0.2) is 32.5 Å². The maximum absolute atomic E-state index is 12.6. The smallest absolute Gasteiger partial charge is 0.230 e. The Hall–Kier alpha value is -3.38. The van der Waals surface area contributed by atoms with Gasteiger partial charge in [-0.2, -0.15) is 0 Å². The Kier molecular flexibility index (Phi) is 7.58. The van der Waals surface area contributed by atoms with Gasteiger partial charge in [0.2, 0.25) is 5.91 Å². The first kappa shape index (κ1) is 22.8. The molecule has 3 aromatic carbocycles. The highest BCUT2D eigenvalue weighted by Crippen LogP contribution is 2.28. The largest absolute Gasteiger partial charge is 0.353 e. The van der Waals surface area contributed by atoms with Gasteiger partial charge in [0.05, 0.1) is 5.75 Å². The molecule has 1 aromatic heterocycles. The van der Waals surface area contributed by atoms with E-state index >= 15 is 0 Å². The molecular formula is C27H28N4OS. The summed E-state index contributed by atoms with van der Waals surface area (Å²) in [6, 6.07) is 28.7. The number of aryl methyl sites for hydroxylation is 2. The van der Waals surface area contributed by atoms with E-state index in [1.807, 2.05) is 72.2 Å². The fourth-order valence-electron chi connectivity index (χ4n) is 3.61. The van der Waals surface area contributed by atoms with Crippen LogP contribution < -0.4 is 5.32 Å². The normalized spacial score (nSPS) is 11.8. The molecule has 1 N–H and O–H groups in total. The van der Waals surface area contributed by atoms with Gasteiger partial charge in [0.25, 0.3) is 0 Å². The highest BCUT2D eigenvalue weighted by Gasteiger charge is 2.17. The molecular weight excluding hydrogens is 428 g/mol. The van der Waals surface area contributed by atoms with E-state index in [2.05, 4.69) is 46.7 Å². The minimum Gasteiger partial charge on any atom is -0.353 e. The molecule has 4 rings (SSSR count). The summed E-state index contributed by atoms with van der Waals surface area (Å²) >= 11 is 1.40. The lowest BCUT2D eigenvalue weighted by Crippen LogP contribution is -2.34. The number of nitrogens with zero attached hydrogens (tertiary/aromatic N) is 3. The molecule has 1 heterocycles. The molecule has 0 spiro atoms. The Morgan fingerprint density at radius 1 is 0.939 bits per heavy atom. The van der Waals surface area contributed by atoms with Crippen LogP contribution >= 0.6 is 11.8 Å². The van der Waals surface area contributed by atoms with Crippen molar-refractivity contribution in [2.75, 3.05) is 5.75 Å². The molecule has 6 heteroatoms. The number of hydrogen-bond donors (Lipinski definition) is 1. The number of aromatic nitrogens is 3. The van der Waals surface area contributed by atoms with Crippen molar-refractivity contribution in [3.63, 3.8) is 0 Å². The van der Waals surface area contributed by atoms with Crippen LogP contribution in [-0.2, 0) is 11.2 Å². The highest BCUT2D eigenvalue weighted by atomic mass is 32.2. The summed E-state index contributed by atoms with van der Waals surface area (Å²) in [7, 11) is 0. The van der Waals surface area contributed by atoms with Crippen molar-refractivity contribution in [3.8, 4) is 17.1 Å². The molecule has 1 unspecified atom stereocenters. The van der Waals surface area contributed by atoms with Crippen molar-refractivity contribution in [1.82, 2.24) is 20.1 Å². The van der Waals surface area contributed by atoms with Gasteiger partial charge in [0.1, 0.15) is 0 Å². The van der Waals surface area contributed by atoms with Gasteiger partial charge < -0.3 is 5.32 Å². The summed E-state index contributed by atoms with van der Waals surface area (Å²) < 4.78 is 2.02. The second-order valence-electron chi connectivity index (χ2n) is 8.12. The highest BCUT2D eigenvalue weighted by molar-refractivity contribution is 7.99. The first-order valence-corrected chi connectivity index (χ1v) is 12.1. The Balaban J connectivity index is 1.43. The molecule has 0 bridgehead atoms. The Morgan fingerprint density at radius 3 is 2.30 bits per heavy atom. The minimum absolute atomic E-state index is 0.0000549. The van der Waals surface area contributed by atoms with Crippen LogP contribution in [0.5, 0.6) is 0 Å². The van der Waals surface area contributed by atoms with Gasteiger partial charge in [0, 0.05) is 17.3 Å². The van der Waals surface area contributed by atoms with Gasteiger partial charge >= 0.3 is 0 Å². The van der Waals surface area contributed by atoms with E-state index in [1.54, 1.807) is 0 Å². The molecule has 0 aliphatic heterocycles. The van der Waals surface area contributed by atoms with Crippen LogP contribution in [0.2, 0.25) is 0 Å². The molecule has 33 heavy (non-hydrogen) atoms. The van der Waals surface area contributed by atoms with Crippen LogP contribution in [0.4, 0.5) is 0 Å². The maximum atomic E-state index is 12.6. The molecule has 5 nitrogen and oxygen atoms in total. The third-order valence-corrected chi connectivity index (χ3v) is 6.34. The van der Waals surface area contributed by atoms with Gasteiger partial charge in [-0.1, -0.05) is 90.1 Å². The maximum Gasteiger partial charge on any atom is 0.230 e. The van der Waals surface area contributed by atoms with Crippen LogP contribution in [0.25, 0.3) is 17.1 Å². The molecule has 1 amide bonds. The summed E-state index contributed by atoms with van der Waals surface area (Å²) in [6.07, 6.45) is 1.84. The fourth-order valence-corrected chi connectivity index (χ4v) is 4.37. The summed E-state index contributed by atoms with van der Waals surface area (Å²) in [6.45, 7) is 4.11. The number of para-hydroxylation sites is 1. The number of benzene rings is 3. The molecule has 0 aliphatic carbocycles. The third-order valence-electron chi connectivity index (χ3n) is 5.41. The van der Waals surface area contributed by atoms with Gasteiger partial charge in [-0.3, -0.25) is 9.36 Å². The van der Waals surface area contributed by atoms with Crippen molar-refractivity contribution in [3.05, 3.63) is 96.1 Å². The van der Waals surface area contributed by atoms with Crippen molar-refractivity contribution in [2.24, 2.45) is 0 Å². The van der Waals surface area contributed by atoms with Gasteiger partial charge in [-0.05, 0) is 44.4 Å². The lowest BCUT2D eigenvalue weighted by molar-refractivity contribution is -0.119. The predicted molar refractivity (Wildman–Crippen MR) is 135 cm³/mol. The van der Waals surface area contributed by atoms with E-state index in [1.165, 1.54) is 22.9 Å². The molecule has 1 atom stereocenters.